The van der Waals surface area contributed by atoms with Gasteiger partial charge in [0.2, 0.25) is 17.2 Å². The van der Waals surface area contributed by atoms with Crippen molar-refractivity contribution in [3.63, 3.8) is 0 Å². The minimum absolute atomic E-state index is 0.211. The Morgan fingerprint density at radius 3 is 2.61 bits per heavy atom. The lowest BCUT2D eigenvalue weighted by molar-refractivity contribution is 0.322. The van der Waals surface area contributed by atoms with Crippen molar-refractivity contribution in [3.05, 3.63) is 5.28 Å². The quantitative estimate of drug-likeness (QED) is 0.845. The van der Waals surface area contributed by atoms with Gasteiger partial charge >= 0.3 is 0 Å². The Labute approximate surface area is 112 Å². The summed E-state index contributed by atoms with van der Waals surface area (Å²) in [6.07, 6.45) is 2.46. The molecule has 0 amide bonds. The Balaban J connectivity index is 1.95. The standard InChI is InChI=1S/C11H19ClN6/c1-3-13-10-15-9(12)16-11(17-10)14-7-8-5-4-6-18(8)2/h8H,3-7H2,1-2H3,(H2,13,14,15,16,17). The minimum atomic E-state index is 0.211. The molecule has 1 fully saturated rings. The lowest BCUT2D eigenvalue weighted by Gasteiger charge is -2.19. The molecule has 1 aromatic heterocycles. The molecule has 2 rings (SSSR count). The monoisotopic (exact) mass is 270 g/mol. The number of nitrogens with one attached hydrogen (secondary N) is 2. The van der Waals surface area contributed by atoms with Gasteiger partial charge in [0.1, 0.15) is 0 Å². The highest BCUT2D eigenvalue weighted by Gasteiger charge is 2.20. The summed E-state index contributed by atoms with van der Waals surface area (Å²) in [7, 11) is 2.14. The van der Waals surface area contributed by atoms with Crippen LogP contribution in [0.25, 0.3) is 0 Å². The van der Waals surface area contributed by atoms with Crippen LogP contribution >= 0.6 is 11.6 Å². The van der Waals surface area contributed by atoms with Crippen LogP contribution in [-0.2, 0) is 0 Å². The Kier molecular flexibility index (Phi) is 4.54. The molecule has 0 aliphatic carbocycles. The number of rotatable bonds is 5. The van der Waals surface area contributed by atoms with E-state index in [0.717, 1.165) is 19.6 Å². The van der Waals surface area contributed by atoms with E-state index in [1.807, 2.05) is 6.92 Å². The number of anilines is 2. The second-order valence-corrected chi connectivity index (χ2v) is 4.78. The number of hydrogen-bond donors (Lipinski definition) is 2. The van der Waals surface area contributed by atoms with Crippen molar-refractivity contribution in [1.29, 1.82) is 0 Å². The van der Waals surface area contributed by atoms with E-state index in [4.69, 9.17) is 11.6 Å². The Morgan fingerprint density at radius 1 is 1.28 bits per heavy atom. The second kappa shape index (κ2) is 6.15. The highest BCUT2D eigenvalue weighted by Crippen LogP contribution is 2.15. The molecule has 0 radical (unpaired) electrons. The number of hydrogen-bond acceptors (Lipinski definition) is 6. The SMILES string of the molecule is CCNc1nc(Cl)nc(NCC2CCCN2C)n1. The Bertz CT molecular complexity index is 399. The van der Waals surface area contributed by atoms with Crippen molar-refractivity contribution in [2.45, 2.75) is 25.8 Å². The van der Waals surface area contributed by atoms with Crippen LogP contribution in [0.15, 0.2) is 0 Å². The molecule has 1 unspecified atom stereocenters. The summed E-state index contributed by atoms with van der Waals surface area (Å²) in [6.45, 7) is 4.73. The molecular formula is C11H19ClN6. The molecular weight excluding hydrogens is 252 g/mol. The molecule has 0 bridgehead atoms. The van der Waals surface area contributed by atoms with Crippen LogP contribution in [0.5, 0.6) is 0 Å². The van der Waals surface area contributed by atoms with Crippen LogP contribution in [0.3, 0.4) is 0 Å². The number of likely N-dealkylation sites (N-methyl/N-ethyl adjacent to an activating group) is 1. The molecule has 0 saturated carbocycles. The molecule has 1 aliphatic rings. The fraction of sp³-hybridized carbons (Fsp3) is 0.727. The van der Waals surface area contributed by atoms with Gasteiger partial charge in [0.05, 0.1) is 0 Å². The van der Waals surface area contributed by atoms with E-state index in [1.54, 1.807) is 0 Å². The first-order chi connectivity index (χ1) is 8.69. The summed E-state index contributed by atoms with van der Waals surface area (Å²) in [4.78, 5) is 14.7. The number of nitrogens with zero attached hydrogens (tertiary/aromatic N) is 4. The first-order valence-electron chi connectivity index (χ1n) is 6.28. The first-order valence-corrected chi connectivity index (χ1v) is 6.66. The maximum absolute atomic E-state index is 5.86. The van der Waals surface area contributed by atoms with E-state index >= 15 is 0 Å². The molecule has 1 saturated heterocycles. The molecule has 100 valence electrons. The largest absolute Gasteiger partial charge is 0.354 e. The van der Waals surface area contributed by atoms with Gasteiger partial charge in [-0.25, -0.2) is 0 Å². The van der Waals surface area contributed by atoms with Gasteiger partial charge in [0.25, 0.3) is 0 Å². The van der Waals surface area contributed by atoms with E-state index < -0.39 is 0 Å². The van der Waals surface area contributed by atoms with Crippen molar-refractivity contribution in [1.82, 2.24) is 19.9 Å². The minimum Gasteiger partial charge on any atom is -0.354 e. The van der Waals surface area contributed by atoms with E-state index in [-0.39, 0.29) is 5.28 Å². The van der Waals surface area contributed by atoms with Gasteiger partial charge in [-0.05, 0) is 45.0 Å². The van der Waals surface area contributed by atoms with Crippen molar-refractivity contribution in [2.24, 2.45) is 0 Å². The lowest BCUT2D eigenvalue weighted by atomic mass is 10.2. The third kappa shape index (κ3) is 3.43. The zero-order valence-corrected chi connectivity index (χ0v) is 11.5. The second-order valence-electron chi connectivity index (χ2n) is 4.44. The van der Waals surface area contributed by atoms with Crippen molar-refractivity contribution in [3.8, 4) is 0 Å². The summed E-state index contributed by atoms with van der Waals surface area (Å²) < 4.78 is 0. The van der Waals surface area contributed by atoms with E-state index in [2.05, 4.69) is 37.5 Å². The molecule has 0 spiro atoms. The van der Waals surface area contributed by atoms with Gasteiger partial charge < -0.3 is 15.5 Å². The van der Waals surface area contributed by atoms with Gasteiger partial charge in [-0.2, -0.15) is 15.0 Å². The average molecular weight is 271 g/mol. The normalized spacial score (nSPS) is 20.1. The topological polar surface area (TPSA) is 66.0 Å². The highest BCUT2D eigenvalue weighted by molar-refractivity contribution is 6.28. The smallest absolute Gasteiger partial charge is 0.228 e. The van der Waals surface area contributed by atoms with Gasteiger partial charge in [0.15, 0.2) is 0 Å². The molecule has 2 heterocycles. The van der Waals surface area contributed by atoms with Gasteiger partial charge in [-0.15, -0.1) is 0 Å². The maximum atomic E-state index is 5.86. The summed E-state index contributed by atoms with van der Waals surface area (Å²) in [5.41, 5.74) is 0. The first kappa shape index (κ1) is 13.3. The van der Waals surface area contributed by atoms with Crippen molar-refractivity contribution < 1.29 is 0 Å². The van der Waals surface area contributed by atoms with E-state index in [9.17, 15) is 0 Å². The fourth-order valence-electron chi connectivity index (χ4n) is 2.11. The molecule has 6 nitrogen and oxygen atoms in total. The number of aromatic nitrogens is 3. The van der Waals surface area contributed by atoms with Crippen LogP contribution in [-0.4, -0.2) is 52.6 Å². The molecule has 2 N–H and O–H groups in total. The van der Waals surface area contributed by atoms with Crippen molar-refractivity contribution in [2.75, 3.05) is 37.3 Å². The number of halogens is 1. The predicted molar refractivity (Wildman–Crippen MR) is 73.1 cm³/mol. The molecule has 1 atom stereocenters. The van der Waals surface area contributed by atoms with Crippen LogP contribution in [0.4, 0.5) is 11.9 Å². The fourth-order valence-corrected chi connectivity index (χ4v) is 2.27. The van der Waals surface area contributed by atoms with Gasteiger partial charge in [-0.1, -0.05) is 0 Å². The zero-order valence-electron chi connectivity index (χ0n) is 10.8. The Hall–Kier alpha value is -1.14. The predicted octanol–water partition coefficient (Wildman–Crippen LogP) is 1.46. The number of likely N-dealkylation sites (tertiary alicyclic amines) is 1. The molecule has 7 heteroatoms. The zero-order chi connectivity index (χ0) is 13.0. The van der Waals surface area contributed by atoms with Crippen LogP contribution in [0.1, 0.15) is 19.8 Å². The molecule has 18 heavy (non-hydrogen) atoms. The van der Waals surface area contributed by atoms with Gasteiger partial charge in [-0.3, -0.25) is 0 Å². The Morgan fingerprint density at radius 2 is 2.00 bits per heavy atom. The van der Waals surface area contributed by atoms with Gasteiger partial charge in [0, 0.05) is 19.1 Å². The van der Waals surface area contributed by atoms with Crippen LogP contribution in [0.2, 0.25) is 5.28 Å². The molecule has 1 aliphatic heterocycles. The van der Waals surface area contributed by atoms with Crippen LogP contribution in [0, 0.1) is 0 Å². The average Bonchev–Trinajstić information content (AvgIpc) is 2.72. The van der Waals surface area contributed by atoms with E-state index in [0.29, 0.717) is 17.9 Å². The van der Waals surface area contributed by atoms with Crippen molar-refractivity contribution >= 4 is 23.5 Å². The summed E-state index contributed by atoms with van der Waals surface area (Å²) in [5, 5.41) is 6.47. The maximum Gasteiger partial charge on any atom is 0.228 e. The third-order valence-electron chi connectivity index (χ3n) is 3.11. The lowest BCUT2D eigenvalue weighted by Crippen LogP contribution is -2.32. The summed E-state index contributed by atoms with van der Waals surface area (Å²) in [5.74, 6) is 1.05. The summed E-state index contributed by atoms with van der Waals surface area (Å²) >= 11 is 5.86. The highest BCUT2D eigenvalue weighted by atomic mass is 35.5. The van der Waals surface area contributed by atoms with E-state index in [1.165, 1.54) is 12.8 Å². The van der Waals surface area contributed by atoms with Crippen LogP contribution < -0.4 is 10.6 Å². The molecule has 1 aromatic rings. The molecule has 0 aromatic carbocycles. The summed E-state index contributed by atoms with van der Waals surface area (Å²) in [6, 6.07) is 0.545. The third-order valence-corrected chi connectivity index (χ3v) is 3.28.